The number of pyridine rings is 1. The van der Waals surface area contributed by atoms with Crippen LogP contribution in [0.4, 0.5) is 0 Å². The summed E-state index contributed by atoms with van der Waals surface area (Å²) in [5.74, 6) is -1.42. The second-order valence-corrected chi connectivity index (χ2v) is 4.82. The molecule has 2 N–H and O–H groups in total. The molecule has 2 aromatic rings. The molecule has 2 rings (SSSR count). The zero-order chi connectivity index (χ0) is 15.9. The number of hydrogen-bond donors (Lipinski definition) is 2. The first-order valence-electron chi connectivity index (χ1n) is 6.86. The molecule has 1 unspecified atom stereocenters. The molecule has 1 atom stereocenters. The van der Waals surface area contributed by atoms with Gasteiger partial charge in [0.1, 0.15) is 5.69 Å². The number of carbonyl (C=O) groups excluding carboxylic acids is 2. The van der Waals surface area contributed by atoms with Gasteiger partial charge in [0.25, 0.3) is 5.91 Å². The van der Waals surface area contributed by atoms with Crippen molar-refractivity contribution in [3.63, 3.8) is 0 Å². The Bertz CT molecular complexity index is 699. The van der Waals surface area contributed by atoms with Gasteiger partial charge in [0.15, 0.2) is 0 Å². The summed E-state index contributed by atoms with van der Waals surface area (Å²) in [6, 6.07) is 9.91. The summed E-state index contributed by atoms with van der Waals surface area (Å²) in [5, 5.41) is 12.0. The van der Waals surface area contributed by atoms with E-state index in [0.29, 0.717) is 11.9 Å². The first-order valence-corrected chi connectivity index (χ1v) is 6.86. The van der Waals surface area contributed by atoms with Crippen LogP contribution in [0.3, 0.4) is 0 Å². The number of aliphatic carboxylic acids is 1. The van der Waals surface area contributed by atoms with Crippen LogP contribution in [-0.2, 0) is 9.59 Å². The van der Waals surface area contributed by atoms with E-state index in [2.05, 4.69) is 10.3 Å². The third kappa shape index (κ3) is 4.12. The highest BCUT2D eigenvalue weighted by atomic mass is 16.4. The Kier molecular flexibility index (Phi) is 5.19. The predicted octanol–water partition coefficient (Wildman–Crippen LogP) is 1.70. The number of carbonyl (C=O) groups is 2. The first-order chi connectivity index (χ1) is 10.6. The summed E-state index contributed by atoms with van der Waals surface area (Å²) in [7, 11) is 0. The standard InChI is InChI=1S/C16H15N2O4/c19-10-12(5-3-7-15(20)21)17-16(22)14-9-8-11-4-1-2-6-13(11)18-14/h1-2,4,6,8-9,12H,3,5,7H2,(H,17,22)(H,20,21). The number of fused-ring (bicyclic) bond motifs is 1. The number of hydrogen-bond acceptors (Lipinski definition) is 4. The minimum atomic E-state index is -0.938. The van der Waals surface area contributed by atoms with Gasteiger partial charge in [-0.2, -0.15) is 0 Å². The smallest absolute Gasteiger partial charge is 0.303 e. The highest BCUT2D eigenvalue weighted by molar-refractivity contribution is 5.96. The lowest BCUT2D eigenvalue weighted by Crippen LogP contribution is -2.36. The lowest BCUT2D eigenvalue weighted by Gasteiger charge is -2.11. The van der Waals surface area contributed by atoms with Crippen LogP contribution in [0.2, 0.25) is 0 Å². The maximum Gasteiger partial charge on any atom is 0.303 e. The molecule has 1 aromatic heterocycles. The van der Waals surface area contributed by atoms with E-state index in [1.807, 2.05) is 18.2 Å². The first kappa shape index (κ1) is 15.6. The Morgan fingerprint density at radius 3 is 2.73 bits per heavy atom. The van der Waals surface area contributed by atoms with Crippen molar-refractivity contribution >= 4 is 29.1 Å². The molecule has 1 heterocycles. The quantitative estimate of drug-likeness (QED) is 0.811. The molecular weight excluding hydrogens is 284 g/mol. The normalized spacial score (nSPS) is 11.8. The number of aromatic nitrogens is 1. The molecule has 6 nitrogen and oxygen atoms in total. The van der Waals surface area contributed by atoms with E-state index in [0.717, 1.165) is 5.39 Å². The minimum Gasteiger partial charge on any atom is -0.481 e. The van der Waals surface area contributed by atoms with Gasteiger partial charge in [-0.05, 0) is 25.0 Å². The van der Waals surface area contributed by atoms with Gasteiger partial charge in [-0.1, -0.05) is 24.3 Å². The number of nitrogens with one attached hydrogen (secondary N) is 1. The molecule has 1 amide bonds. The van der Waals surface area contributed by atoms with Crippen LogP contribution in [0.15, 0.2) is 36.4 Å². The SMILES string of the molecule is O=[C]C(CCCC(=O)O)NC(=O)c1ccc2ccccc2n1. The number of rotatable bonds is 7. The van der Waals surface area contributed by atoms with Crippen LogP contribution < -0.4 is 5.32 Å². The van der Waals surface area contributed by atoms with E-state index in [9.17, 15) is 14.4 Å². The van der Waals surface area contributed by atoms with Gasteiger partial charge in [0.05, 0.1) is 11.6 Å². The van der Waals surface area contributed by atoms with Crippen LogP contribution in [0.25, 0.3) is 10.9 Å². The van der Waals surface area contributed by atoms with Crippen LogP contribution in [0.5, 0.6) is 0 Å². The molecule has 0 aliphatic carbocycles. The molecule has 1 aromatic carbocycles. The van der Waals surface area contributed by atoms with E-state index in [1.165, 1.54) is 0 Å². The Morgan fingerprint density at radius 2 is 2.00 bits per heavy atom. The number of nitrogens with zero attached hydrogens (tertiary/aromatic N) is 1. The summed E-state index contributed by atoms with van der Waals surface area (Å²) in [4.78, 5) is 37.6. The van der Waals surface area contributed by atoms with E-state index < -0.39 is 17.9 Å². The van der Waals surface area contributed by atoms with Crippen molar-refractivity contribution in [2.24, 2.45) is 0 Å². The predicted molar refractivity (Wildman–Crippen MR) is 80.2 cm³/mol. The van der Waals surface area contributed by atoms with Crippen LogP contribution in [-0.4, -0.2) is 34.3 Å². The Hall–Kier alpha value is -2.76. The molecule has 1 radical (unpaired) electrons. The number of carboxylic acid groups (broad SMARTS) is 1. The van der Waals surface area contributed by atoms with E-state index in [4.69, 9.17) is 5.11 Å². The Labute approximate surface area is 127 Å². The van der Waals surface area contributed by atoms with Gasteiger partial charge in [0.2, 0.25) is 6.29 Å². The van der Waals surface area contributed by atoms with Crippen molar-refractivity contribution < 1.29 is 19.5 Å². The van der Waals surface area contributed by atoms with Crippen LogP contribution in [0, 0.1) is 0 Å². The van der Waals surface area contributed by atoms with Crippen LogP contribution >= 0.6 is 0 Å². The van der Waals surface area contributed by atoms with Crippen molar-refractivity contribution in [1.29, 1.82) is 0 Å². The van der Waals surface area contributed by atoms with E-state index in [1.54, 1.807) is 24.5 Å². The second-order valence-electron chi connectivity index (χ2n) is 4.82. The maximum atomic E-state index is 12.1. The molecule has 0 saturated carbocycles. The van der Waals surface area contributed by atoms with Crippen molar-refractivity contribution in [3.05, 3.63) is 42.1 Å². The summed E-state index contributed by atoms with van der Waals surface area (Å²) in [6.45, 7) is 0. The average Bonchev–Trinajstić information content (AvgIpc) is 2.53. The molecular formula is C16H15N2O4. The van der Waals surface area contributed by atoms with Gasteiger partial charge >= 0.3 is 5.97 Å². The number of para-hydroxylation sites is 1. The minimum absolute atomic E-state index is 0.0533. The van der Waals surface area contributed by atoms with Crippen molar-refractivity contribution in [3.8, 4) is 0 Å². The fourth-order valence-corrected chi connectivity index (χ4v) is 2.04. The summed E-state index contributed by atoms with van der Waals surface area (Å²) < 4.78 is 0. The van der Waals surface area contributed by atoms with Gasteiger partial charge in [-0.15, -0.1) is 0 Å². The lowest BCUT2D eigenvalue weighted by atomic mass is 10.1. The summed E-state index contributed by atoms with van der Waals surface area (Å²) in [6.07, 6.45) is 2.18. The summed E-state index contributed by atoms with van der Waals surface area (Å²) >= 11 is 0. The molecule has 0 fully saturated rings. The van der Waals surface area contributed by atoms with Crippen molar-refractivity contribution in [2.45, 2.75) is 25.3 Å². The maximum absolute atomic E-state index is 12.1. The number of amides is 1. The third-order valence-corrected chi connectivity index (χ3v) is 3.16. The highest BCUT2D eigenvalue weighted by Gasteiger charge is 2.15. The third-order valence-electron chi connectivity index (χ3n) is 3.16. The van der Waals surface area contributed by atoms with Crippen molar-refractivity contribution in [1.82, 2.24) is 10.3 Å². The molecule has 0 aliphatic rings. The monoisotopic (exact) mass is 299 g/mol. The molecule has 0 bridgehead atoms. The zero-order valence-corrected chi connectivity index (χ0v) is 11.8. The molecule has 6 heteroatoms. The average molecular weight is 299 g/mol. The topological polar surface area (TPSA) is 96.4 Å². The molecule has 113 valence electrons. The number of carboxylic acids is 1. The van der Waals surface area contributed by atoms with E-state index in [-0.39, 0.29) is 18.5 Å². The van der Waals surface area contributed by atoms with Gasteiger partial charge in [0, 0.05) is 11.8 Å². The molecule has 0 saturated heterocycles. The Morgan fingerprint density at radius 1 is 1.23 bits per heavy atom. The number of benzene rings is 1. The fraction of sp³-hybridized carbons (Fsp3) is 0.250. The largest absolute Gasteiger partial charge is 0.481 e. The second kappa shape index (κ2) is 7.31. The summed E-state index contributed by atoms with van der Waals surface area (Å²) in [5.41, 5.74) is 0.893. The van der Waals surface area contributed by atoms with Gasteiger partial charge < -0.3 is 10.4 Å². The fourth-order valence-electron chi connectivity index (χ4n) is 2.04. The van der Waals surface area contributed by atoms with Crippen molar-refractivity contribution in [2.75, 3.05) is 0 Å². The molecule has 22 heavy (non-hydrogen) atoms. The van der Waals surface area contributed by atoms with Crippen LogP contribution in [0.1, 0.15) is 29.8 Å². The highest BCUT2D eigenvalue weighted by Crippen LogP contribution is 2.12. The molecule has 0 spiro atoms. The molecule has 0 aliphatic heterocycles. The zero-order valence-electron chi connectivity index (χ0n) is 11.8. The van der Waals surface area contributed by atoms with E-state index >= 15 is 0 Å². The van der Waals surface area contributed by atoms with Gasteiger partial charge in [-0.25, -0.2) is 4.98 Å². The lowest BCUT2D eigenvalue weighted by molar-refractivity contribution is -0.137. The Balaban J connectivity index is 2.02. The van der Waals surface area contributed by atoms with Gasteiger partial charge in [-0.3, -0.25) is 14.4 Å².